The van der Waals surface area contributed by atoms with Gasteiger partial charge in [0.25, 0.3) is 5.91 Å². The number of para-hydroxylation sites is 1. The Hall–Kier alpha value is -2.34. The van der Waals surface area contributed by atoms with Gasteiger partial charge in [0.15, 0.2) is 0 Å². The smallest absolute Gasteiger partial charge is 0.253 e. The molecule has 0 radical (unpaired) electrons. The third kappa shape index (κ3) is 1.56. The molecule has 3 N–H and O–H groups in total. The predicted molar refractivity (Wildman–Crippen MR) is 85.5 cm³/mol. The Bertz CT molecular complexity index is 1040. The van der Waals surface area contributed by atoms with Crippen molar-refractivity contribution in [1.82, 2.24) is 14.4 Å². The van der Waals surface area contributed by atoms with Crippen molar-refractivity contribution in [2.45, 2.75) is 6.92 Å². The molecule has 0 saturated heterocycles. The lowest BCUT2D eigenvalue weighted by Crippen LogP contribution is -2.10. The number of aromatic nitrogens is 3. The Labute approximate surface area is 127 Å². The maximum absolute atomic E-state index is 11.9. The van der Waals surface area contributed by atoms with E-state index >= 15 is 0 Å². The molecule has 104 valence electrons. The number of hydrogen-bond donors (Lipinski definition) is 2. The summed E-state index contributed by atoms with van der Waals surface area (Å²) in [5.74, 6) is -0.466. The Kier molecular flexibility index (Phi) is 2.41. The zero-order valence-electron chi connectivity index (χ0n) is 11.1. The molecule has 4 aromatic rings. The summed E-state index contributed by atoms with van der Waals surface area (Å²) in [6, 6.07) is 7.85. The van der Waals surface area contributed by atoms with Crippen LogP contribution in [0.1, 0.15) is 15.9 Å². The number of nitrogens with two attached hydrogens (primary N) is 1. The van der Waals surface area contributed by atoms with Gasteiger partial charge in [-0.25, -0.2) is 4.98 Å². The monoisotopic (exact) mass is 342 g/mol. The van der Waals surface area contributed by atoms with Crippen molar-refractivity contribution in [2.75, 3.05) is 0 Å². The molecule has 0 atom stereocenters. The Morgan fingerprint density at radius 2 is 2.24 bits per heavy atom. The average Bonchev–Trinajstić information content (AvgIpc) is 2.92. The van der Waals surface area contributed by atoms with Crippen LogP contribution >= 0.6 is 15.9 Å². The second kappa shape index (κ2) is 4.08. The molecular formula is C15H11BrN4O. The molecule has 0 aliphatic rings. The number of fused-ring (bicyclic) bond motifs is 5. The normalized spacial score (nSPS) is 11.7. The summed E-state index contributed by atoms with van der Waals surface area (Å²) in [5, 5.41) is 0.744. The van der Waals surface area contributed by atoms with Gasteiger partial charge in [-0.3, -0.25) is 9.20 Å². The van der Waals surface area contributed by atoms with Gasteiger partial charge in [-0.1, -0.05) is 12.1 Å². The fourth-order valence-electron chi connectivity index (χ4n) is 2.91. The second-order valence-electron chi connectivity index (χ2n) is 5.04. The highest BCUT2D eigenvalue weighted by molar-refractivity contribution is 9.10. The molecule has 0 saturated carbocycles. The van der Waals surface area contributed by atoms with E-state index in [2.05, 4.69) is 25.9 Å². The highest BCUT2D eigenvalue weighted by Crippen LogP contribution is 2.31. The number of imidazole rings is 1. The van der Waals surface area contributed by atoms with Crippen LogP contribution in [-0.2, 0) is 0 Å². The zero-order chi connectivity index (χ0) is 14.7. The number of aromatic amines is 1. The lowest BCUT2D eigenvalue weighted by Gasteiger charge is -1.99. The number of benzene rings is 1. The van der Waals surface area contributed by atoms with Crippen LogP contribution in [-0.4, -0.2) is 20.3 Å². The first kappa shape index (κ1) is 12.4. The van der Waals surface area contributed by atoms with Gasteiger partial charge in [-0.15, -0.1) is 0 Å². The third-order valence-electron chi connectivity index (χ3n) is 3.74. The number of H-pyrrole nitrogens is 1. The standard InChI is InChI=1S/C15H11BrN4O/c1-7-3-2-4-10-12(7)20-14-9(5-8(16)6-18-14)11(13(17)21)15(20)19-10/h2-6,19H,1H3,(H2,17,21). The number of nitrogens with zero attached hydrogens (tertiary/aromatic N) is 2. The number of pyridine rings is 1. The number of carbonyl (C=O) groups is 1. The number of aryl methyl sites for hydroxylation is 1. The summed E-state index contributed by atoms with van der Waals surface area (Å²) in [5.41, 5.74) is 10.5. The van der Waals surface area contributed by atoms with Crippen molar-refractivity contribution >= 4 is 49.6 Å². The molecule has 0 aliphatic heterocycles. The molecule has 0 fully saturated rings. The fourth-order valence-corrected chi connectivity index (χ4v) is 3.24. The summed E-state index contributed by atoms with van der Waals surface area (Å²) >= 11 is 3.39. The molecule has 0 unspecified atom stereocenters. The van der Waals surface area contributed by atoms with E-state index in [9.17, 15) is 4.79 Å². The van der Waals surface area contributed by atoms with E-state index in [1.165, 1.54) is 0 Å². The van der Waals surface area contributed by atoms with E-state index in [1.54, 1.807) is 6.20 Å². The largest absolute Gasteiger partial charge is 0.365 e. The summed E-state index contributed by atoms with van der Waals surface area (Å²) in [6.45, 7) is 2.03. The molecule has 0 aliphatic carbocycles. The molecule has 6 heteroatoms. The molecular weight excluding hydrogens is 332 g/mol. The van der Waals surface area contributed by atoms with Crippen molar-refractivity contribution in [3.8, 4) is 0 Å². The first-order chi connectivity index (χ1) is 10.1. The van der Waals surface area contributed by atoms with Crippen LogP contribution in [0.3, 0.4) is 0 Å². The van der Waals surface area contributed by atoms with Crippen molar-refractivity contribution in [3.63, 3.8) is 0 Å². The highest BCUT2D eigenvalue weighted by atomic mass is 79.9. The lowest BCUT2D eigenvalue weighted by molar-refractivity contribution is 0.100. The number of nitrogens with one attached hydrogen (secondary N) is 1. The van der Waals surface area contributed by atoms with Crippen LogP contribution in [0.5, 0.6) is 0 Å². The third-order valence-corrected chi connectivity index (χ3v) is 4.17. The average molecular weight is 343 g/mol. The Morgan fingerprint density at radius 1 is 1.43 bits per heavy atom. The minimum absolute atomic E-state index is 0.466. The van der Waals surface area contributed by atoms with Crippen molar-refractivity contribution in [3.05, 3.63) is 46.1 Å². The molecule has 3 heterocycles. The summed E-state index contributed by atoms with van der Waals surface area (Å²) in [7, 11) is 0. The molecule has 4 rings (SSSR count). The Morgan fingerprint density at radius 3 is 3.00 bits per heavy atom. The number of carbonyl (C=O) groups excluding carboxylic acids is 1. The maximum atomic E-state index is 11.9. The topological polar surface area (TPSA) is 76.2 Å². The van der Waals surface area contributed by atoms with Gasteiger partial charge in [-0.2, -0.15) is 0 Å². The summed E-state index contributed by atoms with van der Waals surface area (Å²) in [6.07, 6.45) is 1.72. The van der Waals surface area contributed by atoms with Gasteiger partial charge in [0.2, 0.25) is 0 Å². The van der Waals surface area contributed by atoms with Crippen LogP contribution < -0.4 is 5.73 Å². The summed E-state index contributed by atoms with van der Waals surface area (Å²) < 4.78 is 2.78. The van der Waals surface area contributed by atoms with E-state index in [0.717, 1.165) is 32.1 Å². The van der Waals surface area contributed by atoms with Gasteiger partial charge in [0.1, 0.15) is 11.3 Å². The molecule has 0 bridgehead atoms. The molecule has 1 amide bonds. The SMILES string of the molecule is Cc1cccc2[nH]c3c(C(N)=O)c4cc(Br)cnc4n3c12. The molecule has 21 heavy (non-hydrogen) atoms. The first-order valence-corrected chi connectivity index (χ1v) is 7.24. The number of rotatable bonds is 1. The van der Waals surface area contributed by atoms with Crippen molar-refractivity contribution in [1.29, 1.82) is 0 Å². The molecule has 3 aromatic heterocycles. The van der Waals surface area contributed by atoms with Crippen LogP contribution in [0.2, 0.25) is 0 Å². The van der Waals surface area contributed by atoms with E-state index in [1.807, 2.05) is 35.6 Å². The molecule has 0 spiro atoms. The van der Waals surface area contributed by atoms with Crippen molar-refractivity contribution in [2.24, 2.45) is 5.73 Å². The maximum Gasteiger partial charge on any atom is 0.253 e. The summed E-state index contributed by atoms with van der Waals surface area (Å²) in [4.78, 5) is 19.7. The van der Waals surface area contributed by atoms with Gasteiger partial charge in [-0.05, 0) is 40.5 Å². The van der Waals surface area contributed by atoms with Crippen LogP contribution in [0.4, 0.5) is 0 Å². The van der Waals surface area contributed by atoms with Crippen LogP contribution in [0.15, 0.2) is 34.9 Å². The van der Waals surface area contributed by atoms with Crippen molar-refractivity contribution < 1.29 is 4.79 Å². The van der Waals surface area contributed by atoms with Crippen LogP contribution in [0, 0.1) is 6.92 Å². The van der Waals surface area contributed by atoms with Gasteiger partial charge in [0, 0.05) is 16.1 Å². The fraction of sp³-hybridized carbons (Fsp3) is 0.0667. The first-order valence-electron chi connectivity index (χ1n) is 6.44. The number of amides is 1. The van der Waals surface area contributed by atoms with E-state index in [4.69, 9.17) is 5.73 Å². The minimum Gasteiger partial charge on any atom is -0.365 e. The molecule has 5 nitrogen and oxygen atoms in total. The minimum atomic E-state index is -0.466. The predicted octanol–water partition coefficient (Wildman–Crippen LogP) is 3.14. The lowest BCUT2D eigenvalue weighted by atomic mass is 10.2. The number of halogens is 1. The zero-order valence-corrected chi connectivity index (χ0v) is 12.7. The van der Waals surface area contributed by atoms with Crippen LogP contribution in [0.25, 0.3) is 27.7 Å². The van der Waals surface area contributed by atoms with E-state index < -0.39 is 5.91 Å². The quantitative estimate of drug-likeness (QED) is 0.557. The number of hydrogen-bond acceptors (Lipinski definition) is 2. The second-order valence-corrected chi connectivity index (χ2v) is 5.96. The van der Waals surface area contributed by atoms with Gasteiger partial charge in [0.05, 0.1) is 16.6 Å². The number of primary amides is 1. The Balaban J connectivity index is 2.37. The van der Waals surface area contributed by atoms with Gasteiger partial charge < -0.3 is 10.7 Å². The van der Waals surface area contributed by atoms with E-state index in [-0.39, 0.29) is 0 Å². The van der Waals surface area contributed by atoms with E-state index in [0.29, 0.717) is 11.2 Å². The highest BCUT2D eigenvalue weighted by Gasteiger charge is 2.21. The van der Waals surface area contributed by atoms with Gasteiger partial charge >= 0.3 is 0 Å². The molecule has 1 aromatic carbocycles.